The molecule has 3 N–H and O–H groups in total. The third kappa shape index (κ3) is 2.85. The number of hydrogen-bond acceptors (Lipinski definition) is 6. The SMILES string of the molecule is CC1=c2ccc(=C(O)c3nn[nH]n3)cc2N(Cc2c(Cl)cccc2Cl)N1. The fourth-order valence-electron chi connectivity index (χ4n) is 2.90. The van der Waals surface area contributed by atoms with Gasteiger partial charge in [-0.2, -0.15) is 5.21 Å². The molecule has 0 amide bonds. The molecule has 1 aliphatic heterocycles. The zero-order chi connectivity index (χ0) is 18.3. The Hall–Kier alpha value is -2.77. The molecular weight excluding hydrogens is 375 g/mol. The highest BCUT2D eigenvalue weighted by molar-refractivity contribution is 6.36. The lowest BCUT2D eigenvalue weighted by Crippen LogP contribution is -2.32. The lowest BCUT2D eigenvalue weighted by atomic mass is 10.1. The quantitative estimate of drug-likeness (QED) is 0.634. The number of hydrazine groups is 1. The van der Waals surface area contributed by atoms with Crippen LogP contribution in [-0.2, 0) is 6.54 Å². The number of nitrogens with zero attached hydrogens (tertiary/aromatic N) is 4. The van der Waals surface area contributed by atoms with Gasteiger partial charge in [-0.1, -0.05) is 41.4 Å². The molecule has 1 aromatic heterocycles. The standard InChI is InChI=1S/C17H14Cl2N6O/c1-9-11-6-5-10(16(26)17-20-23-24-21-17)7-15(11)25(22-9)8-12-13(18)3-2-4-14(12)19/h2-7,22,26H,8H2,1H3,(H,20,21,23,24). The molecule has 0 fully saturated rings. The monoisotopic (exact) mass is 388 g/mol. The summed E-state index contributed by atoms with van der Waals surface area (Å²) in [5.41, 5.74) is 6.02. The number of aliphatic hydroxyl groups is 1. The van der Waals surface area contributed by atoms with Crippen molar-refractivity contribution >= 4 is 40.3 Å². The molecule has 26 heavy (non-hydrogen) atoms. The van der Waals surface area contributed by atoms with Crippen LogP contribution in [0, 0.1) is 0 Å². The molecule has 0 spiro atoms. The predicted octanol–water partition coefficient (Wildman–Crippen LogP) is 1.87. The molecule has 1 aliphatic rings. The van der Waals surface area contributed by atoms with Crippen molar-refractivity contribution in [2.75, 3.05) is 5.01 Å². The molecule has 7 nitrogen and oxygen atoms in total. The smallest absolute Gasteiger partial charge is 0.239 e. The van der Waals surface area contributed by atoms with Gasteiger partial charge in [0.05, 0.1) is 12.2 Å². The van der Waals surface area contributed by atoms with E-state index in [0.29, 0.717) is 21.8 Å². The molecule has 0 bridgehead atoms. The summed E-state index contributed by atoms with van der Waals surface area (Å²) in [5, 5.41) is 28.5. The molecule has 2 heterocycles. The maximum Gasteiger partial charge on any atom is 0.239 e. The van der Waals surface area contributed by atoms with Crippen LogP contribution in [-0.4, -0.2) is 25.7 Å². The molecule has 132 valence electrons. The van der Waals surface area contributed by atoms with Gasteiger partial charge in [0.15, 0.2) is 5.76 Å². The van der Waals surface area contributed by atoms with Gasteiger partial charge < -0.3 is 10.5 Å². The molecule has 0 unspecified atom stereocenters. The van der Waals surface area contributed by atoms with Crippen LogP contribution < -0.4 is 20.9 Å². The second-order valence-electron chi connectivity index (χ2n) is 5.84. The largest absolute Gasteiger partial charge is 0.504 e. The minimum absolute atomic E-state index is 0.0539. The van der Waals surface area contributed by atoms with Crippen molar-refractivity contribution in [3.63, 3.8) is 0 Å². The van der Waals surface area contributed by atoms with Gasteiger partial charge >= 0.3 is 0 Å². The van der Waals surface area contributed by atoms with E-state index in [9.17, 15) is 5.11 Å². The summed E-state index contributed by atoms with van der Waals surface area (Å²) in [4.78, 5) is 0. The summed E-state index contributed by atoms with van der Waals surface area (Å²) in [6.07, 6.45) is 0. The van der Waals surface area contributed by atoms with Crippen molar-refractivity contribution in [3.05, 3.63) is 68.3 Å². The Morgan fingerprint density at radius 3 is 2.65 bits per heavy atom. The van der Waals surface area contributed by atoms with Gasteiger partial charge in [-0.3, -0.25) is 5.01 Å². The summed E-state index contributed by atoms with van der Waals surface area (Å²) >= 11 is 12.6. The molecule has 2 aromatic carbocycles. The van der Waals surface area contributed by atoms with E-state index in [2.05, 4.69) is 26.0 Å². The molecule has 0 saturated carbocycles. The van der Waals surface area contributed by atoms with Crippen molar-refractivity contribution in [1.82, 2.24) is 26.0 Å². The van der Waals surface area contributed by atoms with Crippen LogP contribution in [0.4, 0.5) is 5.69 Å². The Morgan fingerprint density at radius 1 is 1.19 bits per heavy atom. The van der Waals surface area contributed by atoms with Crippen LogP contribution in [0.2, 0.25) is 10.0 Å². The number of aliphatic hydroxyl groups excluding tert-OH is 1. The number of aromatic nitrogens is 4. The maximum absolute atomic E-state index is 10.4. The first-order valence-corrected chi connectivity index (χ1v) is 8.55. The van der Waals surface area contributed by atoms with Crippen LogP contribution in [0.5, 0.6) is 0 Å². The Kier molecular flexibility index (Phi) is 4.18. The topological polar surface area (TPSA) is 90.0 Å². The highest BCUT2D eigenvalue weighted by atomic mass is 35.5. The summed E-state index contributed by atoms with van der Waals surface area (Å²) in [6.45, 7) is 2.45. The molecule has 4 rings (SSSR count). The van der Waals surface area contributed by atoms with Crippen molar-refractivity contribution < 1.29 is 5.11 Å². The van der Waals surface area contributed by atoms with Crippen molar-refractivity contribution in [3.8, 4) is 0 Å². The normalized spacial score (nSPS) is 14.3. The van der Waals surface area contributed by atoms with E-state index in [1.807, 2.05) is 48.3 Å². The first kappa shape index (κ1) is 16.7. The molecule has 0 radical (unpaired) electrons. The fourth-order valence-corrected chi connectivity index (χ4v) is 3.42. The average molecular weight is 389 g/mol. The van der Waals surface area contributed by atoms with Crippen LogP contribution in [0.1, 0.15) is 18.3 Å². The Balaban J connectivity index is 1.79. The number of nitrogens with one attached hydrogen (secondary N) is 2. The lowest BCUT2D eigenvalue weighted by molar-refractivity contribution is 0.500. The minimum atomic E-state index is -0.0539. The van der Waals surface area contributed by atoms with E-state index in [1.165, 1.54) is 0 Å². The highest BCUT2D eigenvalue weighted by Gasteiger charge is 2.20. The fraction of sp³-hybridized carbons (Fsp3) is 0.118. The van der Waals surface area contributed by atoms with Gasteiger partial charge in [-0.05, 0) is 30.3 Å². The number of hydrogen-bond donors (Lipinski definition) is 3. The lowest BCUT2D eigenvalue weighted by Gasteiger charge is -2.22. The highest BCUT2D eigenvalue weighted by Crippen LogP contribution is 2.27. The first-order chi connectivity index (χ1) is 12.5. The minimum Gasteiger partial charge on any atom is -0.504 e. The van der Waals surface area contributed by atoms with E-state index in [0.717, 1.165) is 22.2 Å². The number of rotatable bonds is 3. The van der Waals surface area contributed by atoms with Crippen LogP contribution >= 0.6 is 23.2 Å². The van der Waals surface area contributed by atoms with E-state index in [4.69, 9.17) is 23.2 Å². The third-order valence-electron chi connectivity index (χ3n) is 4.20. The Morgan fingerprint density at radius 2 is 1.96 bits per heavy atom. The van der Waals surface area contributed by atoms with E-state index in [-0.39, 0.29) is 11.6 Å². The summed E-state index contributed by atoms with van der Waals surface area (Å²) < 4.78 is 0. The summed E-state index contributed by atoms with van der Waals surface area (Å²) in [5.74, 6) is 0.0825. The molecular formula is C17H14Cl2N6O. The number of fused-ring (bicyclic) bond motifs is 1. The number of tetrazole rings is 1. The third-order valence-corrected chi connectivity index (χ3v) is 4.91. The number of aromatic amines is 1. The summed E-state index contributed by atoms with van der Waals surface area (Å²) in [6, 6.07) is 11.0. The Bertz CT molecular complexity index is 1080. The van der Waals surface area contributed by atoms with Crippen molar-refractivity contribution in [2.45, 2.75) is 13.5 Å². The number of halogens is 2. The van der Waals surface area contributed by atoms with Gasteiger partial charge in [0.2, 0.25) is 5.82 Å². The van der Waals surface area contributed by atoms with Gasteiger partial charge in [0, 0.05) is 31.7 Å². The molecule has 0 atom stereocenters. The molecule has 0 saturated heterocycles. The average Bonchev–Trinajstić information content (AvgIpc) is 3.26. The number of H-pyrrole nitrogens is 1. The van der Waals surface area contributed by atoms with Gasteiger partial charge in [-0.25, -0.2) is 0 Å². The van der Waals surface area contributed by atoms with Crippen molar-refractivity contribution in [1.29, 1.82) is 0 Å². The number of benzene rings is 2. The van der Waals surface area contributed by atoms with E-state index < -0.39 is 0 Å². The summed E-state index contributed by atoms with van der Waals surface area (Å²) in [7, 11) is 0. The van der Waals surface area contributed by atoms with Gasteiger partial charge in [-0.15, -0.1) is 10.2 Å². The van der Waals surface area contributed by atoms with Crippen LogP contribution in [0.3, 0.4) is 0 Å². The number of anilines is 1. The van der Waals surface area contributed by atoms with Gasteiger partial charge in [0.1, 0.15) is 0 Å². The van der Waals surface area contributed by atoms with E-state index >= 15 is 0 Å². The second kappa shape index (κ2) is 6.51. The van der Waals surface area contributed by atoms with E-state index in [1.54, 1.807) is 0 Å². The second-order valence-corrected chi connectivity index (χ2v) is 6.65. The van der Waals surface area contributed by atoms with Crippen molar-refractivity contribution in [2.24, 2.45) is 0 Å². The first-order valence-electron chi connectivity index (χ1n) is 7.80. The Labute approximate surface area is 158 Å². The van der Waals surface area contributed by atoms with Crippen LogP contribution in [0.15, 0.2) is 36.4 Å². The molecule has 3 aromatic rings. The maximum atomic E-state index is 10.4. The van der Waals surface area contributed by atoms with Gasteiger partial charge in [0.25, 0.3) is 0 Å². The molecule has 9 heteroatoms. The zero-order valence-electron chi connectivity index (χ0n) is 13.7. The molecule has 0 aliphatic carbocycles. The van der Waals surface area contributed by atoms with Crippen LogP contribution in [0.25, 0.3) is 11.5 Å². The zero-order valence-corrected chi connectivity index (χ0v) is 15.2. The predicted molar refractivity (Wildman–Crippen MR) is 99.9 cm³/mol.